The third kappa shape index (κ3) is 5.19. The first-order valence-corrected chi connectivity index (χ1v) is 8.07. The lowest BCUT2D eigenvalue weighted by atomic mass is 10.1. The number of benzene rings is 2. The lowest BCUT2D eigenvalue weighted by molar-refractivity contribution is -0.384. The van der Waals surface area contributed by atoms with E-state index in [1.165, 1.54) is 6.92 Å². The number of nitrogens with one attached hydrogen (secondary N) is 2. The summed E-state index contributed by atoms with van der Waals surface area (Å²) in [6.07, 6.45) is -4.70. The highest BCUT2D eigenvalue weighted by atomic mass is 19.4. The molecule has 0 unspecified atom stereocenters. The van der Waals surface area contributed by atoms with Gasteiger partial charge >= 0.3 is 6.18 Å². The molecule has 0 aliphatic heterocycles. The van der Waals surface area contributed by atoms with E-state index in [9.17, 15) is 28.1 Å². The Balaban J connectivity index is 2.13. The van der Waals surface area contributed by atoms with Crippen molar-refractivity contribution in [3.8, 4) is 0 Å². The fourth-order valence-electron chi connectivity index (χ4n) is 2.44. The zero-order valence-corrected chi connectivity index (χ0v) is 14.6. The van der Waals surface area contributed by atoms with Gasteiger partial charge in [0.1, 0.15) is 11.7 Å². The number of rotatable bonds is 6. The van der Waals surface area contributed by atoms with Crippen LogP contribution in [0.4, 0.5) is 24.5 Å². The number of nitro benzene ring substituents is 1. The minimum absolute atomic E-state index is 0.164. The summed E-state index contributed by atoms with van der Waals surface area (Å²) in [5, 5.41) is 16.5. The van der Waals surface area contributed by atoms with Gasteiger partial charge < -0.3 is 10.6 Å². The summed E-state index contributed by atoms with van der Waals surface area (Å²) in [5.41, 5.74) is -1.17. The summed E-state index contributed by atoms with van der Waals surface area (Å²) in [7, 11) is 0. The summed E-state index contributed by atoms with van der Waals surface area (Å²) < 4.78 is 38.3. The van der Waals surface area contributed by atoms with Crippen molar-refractivity contribution in [2.45, 2.75) is 32.1 Å². The van der Waals surface area contributed by atoms with Crippen molar-refractivity contribution in [3.63, 3.8) is 0 Å². The van der Waals surface area contributed by atoms with Crippen LogP contribution in [0.15, 0.2) is 48.5 Å². The quantitative estimate of drug-likeness (QED) is 0.577. The summed E-state index contributed by atoms with van der Waals surface area (Å²) >= 11 is 0. The molecule has 0 saturated carbocycles. The Kier molecular flexibility index (Phi) is 6.04. The van der Waals surface area contributed by atoms with E-state index in [1.54, 1.807) is 6.92 Å². The third-order valence-corrected chi connectivity index (χ3v) is 3.95. The van der Waals surface area contributed by atoms with Gasteiger partial charge in [0.25, 0.3) is 5.69 Å². The molecule has 0 aromatic heterocycles. The smallest absolute Gasteiger partial charge is 0.368 e. The monoisotopic (exact) mass is 381 g/mol. The van der Waals surface area contributed by atoms with Gasteiger partial charge in [0.2, 0.25) is 5.91 Å². The van der Waals surface area contributed by atoms with Gasteiger partial charge in [0, 0.05) is 6.07 Å². The van der Waals surface area contributed by atoms with E-state index in [2.05, 4.69) is 10.6 Å². The Morgan fingerprint density at radius 1 is 1.11 bits per heavy atom. The number of amides is 1. The highest BCUT2D eigenvalue weighted by molar-refractivity contribution is 5.85. The number of nitro groups is 1. The molecule has 0 heterocycles. The van der Waals surface area contributed by atoms with Crippen LogP contribution in [-0.2, 0) is 11.0 Å². The Hall–Kier alpha value is -3.10. The van der Waals surface area contributed by atoms with E-state index < -0.39 is 34.3 Å². The van der Waals surface area contributed by atoms with Crippen LogP contribution in [0.3, 0.4) is 0 Å². The highest BCUT2D eigenvalue weighted by Crippen LogP contribution is 2.35. The number of nitrogens with zero attached hydrogens (tertiary/aromatic N) is 1. The second-order valence-corrected chi connectivity index (χ2v) is 5.99. The van der Waals surface area contributed by atoms with Crippen molar-refractivity contribution in [2.24, 2.45) is 0 Å². The molecule has 27 heavy (non-hydrogen) atoms. The first-order chi connectivity index (χ1) is 12.6. The number of carbonyl (C=O) groups is 1. The summed E-state index contributed by atoms with van der Waals surface area (Å²) in [5.74, 6) is -0.444. The van der Waals surface area contributed by atoms with Gasteiger partial charge in [-0.1, -0.05) is 30.3 Å². The van der Waals surface area contributed by atoms with Crippen molar-refractivity contribution in [1.29, 1.82) is 0 Å². The normalized spacial score (nSPS) is 13.5. The average Bonchev–Trinajstić information content (AvgIpc) is 2.61. The van der Waals surface area contributed by atoms with Gasteiger partial charge in [-0.2, -0.15) is 13.2 Å². The largest absolute Gasteiger partial charge is 0.416 e. The van der Waals surface area contributed by atoms with E-state index in [0.717, 1.165) is 17.7 Å². The van der Waals surface area contributed by atoms with Crippen LogP contribution in [-0.4, -0.2) is 16.9 Å². The van der Waals surface area contributed by atoms with Gasteiger partial charge in [-0.3, -0.25) is 14.9 Å². The molecular formula is C18H18F3N3O3. The topological polar surface area (TPSA) is 84.3 Å². The average molecular weight is 381 g/mol. The lowest BCUT2D eigenvalue weighted by Crippen LogP contribution is -2.39. The van der Waals surface area contributed by atoms with Crippen molar-refractivity contribution >= 4 is 17.3 Å². The van der Waals surface area contributed by atoms with Crippen LogP contribution in [0.5, 0.6) is 0 Å². The number of carbonyl (C=O) groups excluding carboxylic acids is 1. The molecule has 144 valence electrons. The number of alkyl halides is 3. The first-order valence-electron chi connectivity index (χ1n) is 8.07. The number of hydrogen-bond acceptors (Lipinski definition) is 4. The predicted octanol–water partition coefficient (Wildman–Crippen LogP) is 4.29. The molecule has 9 heteroatoms. The fraction of sp³-hybridized carbons (Fsp3) is 0.278. The number of halogens is 3. The van der Waals surface area contributed by atoms with Crippen molar-refractivity contribution in [2.75, 3.05) is 5.32 Å². The first kappa shape index (κ1) is 20.2. The van der Waals surface area contributed by atoms with Gasteiger partial charge in [-0.15, -0.1) is 0 Å². The molecule has 0 bridgehead atoms. The van der Waals surface area contributed by atoms with Crippen LogP contribution in [0.2, 0.25) is 0 Å². The molecule has 2 N–H and O–H groups in total. The molecule has 0 saturated heterocycles. The predicted molar refractivity (Wildman–Crippen MR) is 94.2 cm³/mol. The standard InChI is InChI=1S/C18H18F3N3O3/c1-11(13-6-4-3-5-7-13)23-17(25)12(2)22-15-9-8-14(18(19,20)21)10-16(15)24(26)27/h3-12,22H,1-2H3,(H,23,25)/t11-,12+/m1/s1. The molecule has 0 radical (unpaired) electrons. The summed E-state index contributed by atoms with van der Waals surface area (Å²) in [6, 6.07) is 10.1. The molecule has 2 aromatic carbocycles. The van der Waals surface area contributed by atoms with E-state index in [0.29, 0.717) is 6.07 Å². The maximum absolute atomic E-state index is 12.8. The van der Waals surface area contributed by atoms with Gasteiger partial charge in [-0.25, -0.2) is 0 Å². The maximum Gasteiger partial charge on any atom is 0.416 e. The molecule has 1 amide bonds. The van der Waals surface area contributed by atoms with Crippen molar-refractivity contribution in [1.82, 2.24) is 5.32 Å². The zero-order chi connectivity index (χ0) is 20.2. The van der Waals surface area contributed by atoms with Crippen LogP contribution < -0.4 is 10.6 Å². The van der Waals surface area contributed by atoms with Crippen LogP contribution in [0.25, 0.3) is 0 Å². The number of anilines is 1. The lowest BCUT2D eigenvalue weighted by Gasteiger charge is -2.20. The van der Waals surface area contributed by atoms with Gasteiger partial charge in [0.15, 0.2) is 0 Å². The Morgan fingerprint density at radius 2 is 1.74 bits per heavy atom. The molecule has 0 spiro atoms. The van der Waals surface area contributed by atoms with Crippen LogP contribution in [0.1, 0.15) is 31.0 Å². The minimum atomic E-state index is -4.70. The maximum atomic E-state index is 12.8. The van der Waals surface area contributed by atoms with Crippen molar-refractivity contribution in [3.05, 3.63) is 69.8 Å². The molecule has 2 aromatic rings. The van der Waals surface area contributed by atoms with E-state index in [-0.39, 0.29) is 11.7 Å². The molecule has 0 aliphatic carbocycles. The second kappa shape index (κ2) is 8.07. The Labute approximate surface area is 153 Å². The summed E-state index contributed by atoms with van der Waals surface area (Å²) in [4.78, 5) is 22.5. The fourth-order valence-corrected chi connectivity index (χ4v) is 2.44. The Morgan fingerprint density at radius 3 is 2.30 bits per heavy atom. The van der Waals surface area contributed by atoms with Crippen molar-refractivity contribution < 1.29 is 22.9 Å². The highest BCUT2D eigenvalue weighted by Gasteiger charge is 2.33. The van der Waals surface area contributed by atoms with E-state index in [1.807, 2.05) is 30.3 Å². The SMILES string of the molecule is C[C@H](Nc1ccc(C(F)(F)F)cc1[N+](=O)[O-])C(=O)N[C@H](C)c1ccccc1. The molecule has 2 rings (SSSR count). The molecule has 6 nitrogen and oxygen atoms in total. The summed E-state index contributed by atoms with van der Waals surface area (Å²) in [6.45, 7) is 3.25. The van der Waals surface area contributed by atoms with E-state index in [4.69, 9.17) is 0 Å². The minimum Gasteiger partial charge on any atom is -0.368 e. The molecule has 0 fully saturated rings. The molecule has 2 atom stereocenters. The second-order valence-electron chi connectivity index (χ2n) is 5.99. The molecular weight excluding hydrogens is 363 g/mol. The van der Waals surface area contributed by atoms with Crippen LogP contribution >= 0.6 is 0 Å². The Bertz CT molecular complexity index is 826. The van der Waals surface area contributed by atoms with Gasteiger partial charge in [0.05, 0.1) is 16.5 Å². The van der Waals surface area contributed by atoms with Crippen LogP contribution in [0, 0.1) is 10.1 Å². The molecule has 0 aliphatic rings. The third-order valence-electron chi connectivity index (χ3n) is 3.95. The van der Waals surface area contributed by atoms with E-state index >= 15 is 0 Å². The van der Waals surface area contributed by atoms with Gasteiger partial charge in [-0.05, 0) is 31.5 Å². The number of hydrogen-bond donors (Lipinski definition) is 2. The zero-order valence-electron chi connectivity index (χ0n) is 14.6.